The van der Waals surface area contributed by atoms with Crippen molar-refractivity contribution in [3.63, 3.8) is 0 Å². The molecule has 4 N–H and O–H groups in total. The van der Waals surface area contributed by atoms with Gasteiger partial charge in [0.2, 0.25) is 0 Å². The first-order chi connectivity index (χ1) is 11.7. The Hall–Kier alpha value is -2.61. The van der Waals surface area contributed by atoms with Crippen LogP contribution in [0, 0.1) is 5.92 Å². The lowest BCUT2D eigenvalue weighted by molar-refractivity contribution is -0.150. The number of hydrogen-bond donors (Lipinski definition) is 3. The van der Waals surface area contributed by atoms with Crippen molar-refractivity contribution in [2.24, 2.45) is 11.7 Å². The minimum absolute atomic E-state index is 0.0857. The molecule has 0 aliphatic heterocycles. The molecule has 0 heterocycles. The third-order valence-corrected chi connectivity index (χ3v) is 3.26. The maximum absolute atomic E-state index is 12.2. The van der Waals surface area contributed by atoms with Gasteiger partial charge in [-0.1, -0.05) is 25.4 Å². The number of benzene rings is 1. The Balaban J connectivity index is 2.70. The largest absolute Gasteiger partial charge is 0.454 e. The molecule has 0 spiro atoms. The lowest BCUT2D eigenvalue weighted by atomic mass is 10.0. The molecule has 4 amide bonds. The lowest BCUT2D eigenvalue weighted by Gasteiger charge is -2.19. The summed E-state index contributed by atoms with van der Waals surface area (Å²) in [6.07, 6.45) is 0.315. The number of hydrogen-bond acceptors (Lipinski definition) is 5. The van der Waals surface area contributed by atoms with E-state index in [1.807, 2.05) is 13.8 Å². The first-order valence-corrected chi connectivity index (χ1v) is 7.89. The summed E-state index contributed by atoms with van der Waals surface area (Å²) < 4.78 is 4.83. The number of rotatable bonds is 7. The predicted molar refractivity (Wildman–Crippen MR) is 90.8 cm³/mol. The number of carbonyl (C=O) groups is 4. The van der Waals surface area contributed by atoms with Gasteiger partial charge in [-0.05, 0) is 36.6 Å². The van der Waals surface area contributed by atoms with Crippen molar-refractivity contribution in [2.75, 3.05) is 6.61 Å². The molecule has 1 rings (SSSR count). The molecule has 0 aliphatic rings. The molecule has 0 unspecified atom stereocenters. The molecular formula is C16H20ClN3O5. The van der Waals surface area contributed by atoms with Crippen LogP contribution in [0.25, 0.3) is 0 Å². The fourth-order valence-corrected chi connectivity index (χ4v) is 2.07. The average molecular weight is 370 g/mol. The number of esters is 1. The van der Waals surface area contributed by atoms with Crippen LogP contribution in [0.4, 0.5) is 4.79 Å². The highest BCUT2D eigenvalue weighted by Crippen LogP contribution is 2.11. The molecule has 0 radical (unpaired) electrons. The van der Waals surface area contributed by atoms with Gasteiger partial charge >= 0.3 is 12.0 Å². The van der Waals surface area contributed by atoms with Gasteiger partial charge in [0.25, 0.3) is 11.8 Å². The summed E-state index contributed by atoms with van der Waals surface area (Å²) in [6, 6.07) is 4.17. The average Bonchev–Trinajstić information content (AvgIpc) is 2.51. The molecule has 0 saturated carbocycles. The second-order valence-corrected chi connectivity index (χ2v) is 6.12. The van der Waals surface area contributed by atoms with Crippen LogP contribution in [-0.4, -0.2) is 36.5 Å². The maximum Gasteiger partial charge on any atom is 0.329 e. The predicted octanol–water partition coefficient (Wildman–Crippen LogP) is 1.22. The van der Waals surface area contributed by atoms with Crippen LogP contribution in [0.15, 0.2) is 24.3 Å². The number of nitrogens with two attached hydrogens (primary N) is 1. The van der Waals surface area contributed by atoms with Crippen LogP contribution < -0.4 is 16.4 Å². The van der Waals surface area contributed by atoms with Crippen molar-refractivity contribution >= 4 is 35.4 Å². The van der Waals surface area contributed by atoms with Gasteiger partial charge in [0.1, 0.15) is 6.04 Å². The summed E-state index contributed by atoms with van der Waals surface area (Å²) >= 11 is 5.77. The Labute approximate surface area is 150 Å². The molecule has 8 nitrogen and oxygen atoms in total. The Morgan fingerprint density at radius 3 is 2.28 bits per heavy atom. The summed E-state index contributed by atoms with van der Waals surface area (Å²) in [7, 11) is 0. The highest BCUT2D eigenvalue weighted by Gasteiger charge is 2.24. The third kappa shape index (κ3) is 7.67. The summed E-state index contributed by atoms with van der Waals surface area (Å²) in [5.74, 6) is -2.02. The molecule has 9 heteroatoms. The topological polar surface area (TPSA) is 128 Å². The van der Waals surface area contributed by atoms with Crippen LogP contribution >= 0.6 is 11.6 Å². The molecule has 0 aliphatic carbocycles. The van der Waals surface area contributed by atoms with Crippen molar-refractivity contribution in [1.82, 2.24) is 10.6 Å². The van der Waals surface area contributed by atoms with Crippen molar-refractivity contribution < 1.29 is 23.9 Å². The molecule has 25 heavy (non-hydrogen) atoms. The Morgan fingerprint density at radius 1 is 1.16 bits per heavy atom. The van der Waals surface area contributed by atoms with Crippen molar-refractivity contribution in [2.45, 2.75) is 26.3 Å². The van der Waals surface area contributed by atoms with Crippen LogP contribution in [0.2, 0.25) is 5.02 Å². The number of carbonyl (C=O) groups excluding carboxylic acids is 4. The first kappa shape index (κ1) is 20.4. The van der Waals surface area contributed by atoms with Crippen LogP contribution in [-0.2, 0) is 14.3 Å². The number of halogens is 1. The summed E-state index contributed by atoms with van der Waals surface area (Å²) in [5.41, 5.74) is 5.12. The fourth-order valence-electron chi connectivity index (χ4n) is 1.94. The van der Waals surface area contributed by atoms with Gasteiger partial charge in [0.15, 0.2) is 6.61 Å². The van der Waals surface area contributed by atoms with E-state index in [0.29, 0.717) is 17.0 Å². The normalized spacial score (nSPS) is 11.5. The van der Waals surface area contributed by atoms with Crippen molar-refractivity contribution in [1.29, 1.82) is 0 Å². The van der Waals surface area contributed by atoms with Gasteiger partial charge < -0.3 is 15.8 Å². The number of urea groups is 1. The molecular weight excluding hydrogens is 350 g/mol. The number of ether oxygens (including phenoxy) is 1. The van der Waals surface area contributed by atoms with Gasteiger partial charge in [-0.3, -0.25) is 14.9 Å². The Kier molecular flexibility index (Phi) is 7.87. The number of amides is 4. The molecule has 1 atom stereocenters. The van der Waals surface area contributed by atoms with E-state index in [-0.39, 0.29) is 5.92 Å². The van der Waals surface area contributed by atoms with E-state index < -0.39 is 36.5 Å². The van der Waals surface area contributed by atoms with Gasteiger partial charge in [0, 0.05) is 10.6 Å². The van der Waals surface area contributed by atoms with Crippen LogP contribution in [0.3, 0.4) is 0 Å². The Morgan fingerprint density at radius 2 is 1.76 bits per heavy atom. The molecule has 0 aromatic heterocycles. The van der Waals surface area contributed by atoms with Crippen molar-refractivity contribution in [3.05, 3.63) is 34.9 Å². The third-order valence-electron chi connectivity index (χ3n) is 3.01. The van der Waals surface area contributed by atoms with E-state index in [2.05, 4.69) is 5.32 Å². The van der Waals surface area contributed by atoms with E-state index in [1.165, 1.54) is 12.1 Å². The second-order valence-electron chi connectivity index (χ2n) is 5.68. The van der Waals surface area contributed by atoms with Gasteiger partial charge in [-0.15, -0.1) is 0 Å². The first-order valence-electron chi connectivity index (χ1n) is 7.51. The number of imide groups is 1. The summed E-state index contributed by atoms with van der Waals surface area (Å²) in [5, 5.41) is 4.82. The minimum Gasteiger partial charge on any atom is -0.454 e. The zero-order valence-corrected chi connectivity index (χ0v) is 14.6. The maximum atomic E-state index is 12.2. The summed E-state index contributed by atoms with van der Waals surface area (Å²) in [6.45, 7) is 3.07. The van der Waals surface area contributed by atoms with Crippen LogP contribution in [0.5, 0.6) is 0 Å². The van der Waals surface area contributed by atoms with Crippen LogP contribution in [0.1, 0.15) is 30.6 Å². The minimum atomic E-state index is -1.05. The molecule has 1 aromatic carbocycles. The van der Waals surface area contributed by atoms with E-state index in [4.69, 9.17) is 22.1 Å². The van der Waals surface area contributed by atoms with E-state index in [9.17, 15) is 19.2 Å². The van der Waals surface area contributed by atoms with Gasteiger partial charge in [-0.25, -0.2) is 9.59 Å². The lowest BCUT2D eigenvalue weighted by Crippen LogP contribution is -2.44. The molecule has 0 saturated heterocycles. The number of nitrogens with one attached hydrogen (secondary N) is 2. The smallest absolute Gasteiger partial charge is 0.329 e. The quantitative estimate of drug-likeness (QED) is 0.622. The SMILES string of the molecule is CC(C)C[C@H](NC(=O)c1ccc(Cl)cc1)C(=O)OCC(=O)NC(N)=O. The number of primary amides is 1. The van der Waals surface area contributed by atoms with Gasteiger partial charge in [0.05, 0.1) is 0 Å². The molecule has 0 fully saturated rings. The molecule has 136 valence electrons. The van der Waals surface area contributed by atoms with Gasteiger partial charge in [-0.2, -0.15) is 0 Å². The zero-order valence-electron chi connectivity index (χ0n) is 13.9. The fraction of sp³-hybridized carbons (Fsp3) is 0.375. The second kappa shape index (κ2) is 9.63. The van der Waals surface area contributed by atoms with E-state index in [0.717, 1.165) is 0 Å². The van der Waals surface area contributed by atoms with Crippen molar-refractivity contribution in [3.8, 4) is 0 Å². The zero-order chi connectivity index (χ0) is 19.0. The highest BCUT2D eigenvalue weighted by atomic mass is 35.5. The molecule has 1 aromatic rings. The standard InChI is InChI=1S/C16H20ClN3O5/c1-9(2)7-12(15(23)25-8-13(21)20-16(18)24)19-14(22)10-3-5-11(17)6-4-10/h3-6,9,12H,7-8H2,1-2H3,(H,19,22)(H3,18,20,21,24)/t12-/m0/s1. The summed E-state index contributed by atoms with van der Waals surface area (Å²) in [4.78, 5) is 46.2. The Bertz CT molecular complexity index is 646. The monoisotopic (exact) mass is 369 g/mol. The highest BCUT2D eigenvalue weighted by molar-refractivity contribution is 6.30. The van der Waals surface area contributed by atoms with E-state index in [1.54, 1.807) is 17.4 Å². The molecule has 0 bridgehead atoms. The van der Waals surface area contributed by atoms with E-state index >= 15 is 0 Å².